The Kier molecular flexibility index (Phi) is 7.07. The average Bonchev–Trinajstić information content (AvgIpc) is 3.53. The molecule has 1 heterocycles. The molecule has 9 aromatic rings. The molecule has 8 aromatic carbocycles. The average molecular weight is 630 g/mol. The van der Waals surface area contributed by atoms with Crippen molar-refractivity contribution in [2.45, 2.75) is 0 Å². The molecule has 0 amide bonds. The standard InChI is InChI=1S/C46H31NS/c1-3-11-32(12-4-1)34-21-25-38(26-22-34)47(40-17-9-15-36(29-40)33-13-5-2-6-14-33)39-27-23-35(24-28-39)41-19-10-16-37-30-44-42-18-7-8-20-45(42)48-46(44)31-43(37)41/h1-31H. The summed E-state index contributed by atoms with van der Waals surface area (Å²) < 4.78 is 2.66. The number of rotatable bonds is 6. The fourth-order valence-corrected chi connectivity index (χ4v) is 8.00. The van der Waals surface area contributed by atoms with E-state index in [1.807, 2.05) is 11.3 Å². The van der Waals surface area contributed by atoms with E-state index in [2.05, 4.69) is 193 Å². The number of anilines is 3. The molecule has 2 heteroatoms. The molecule has 1 nitrogen and oxygen atoms in total. The Labute approximate surface area is 284 Å². The minimum atomic E-state index is 1.11. The third kappa shape index (κ3) is 5.13. The second-order valence-electron chi connectivity index (χ2n) is 12.2. The molecule has 9 rings (SSSR count). The minimum Gasteiger partial charge on any atom is -0.310 e. The van der Waals surface area contributed by atoms with Crippen LogP contribution in [0.15, 0.2) is 188 Å². The quantitative estimate of drug-likeness (QED) is 0.177. The second-order valence-corrected chi connectivity index (χ2v) is 13.3. The van der Waals surface area contributed by atoms with Crippen LogP contribution in [0.1, 0.15) is 0 Å². The van der Waals surface area contributed by atoms with Crippen molar-refractivity contribution in [1.82, 2.24) is 0 Å². The molecule has 0 N–H and O–H groups in total. The van der Waals surface area contributed by atoms with Crippen LogP contribution in [-0.2, 0) is 0 Å². The van der Waals surface area contributed by atoms with Crippen LogP contribution >= 0.6 is 11.3 Å². The lowest BCUT2D eigenvalue weighted by atomic mass is 9.96. The van der Waals surface area contributed by atoms with E-state index in [1.165, 1.54) is 64.3 Å². The van der Waals surface area contributed by atoms with Crippen molar-refractivity contribution in [2.75, 3.05) is 4.90 Å². The van der Waals surface area contributed by atoms with Crippen LogP contribution in [0.25, 0.3) is 64.3 Å². The summed E-state index contributed by atoms with van der Waals surface area (Å²) in [7, 11) is 0. The van der Waals surface area contributed by atoms with Crippen LogP contribution in [0.5, 0.6) is 0 Å². The van der Waals surface area contributed by atoms with E-state index >= 15 is 0 Å². The van der Waals surface area contributed by atoms with Crippen molar-refractivity contribution in [3.63, 3.8) is 0 Å². The summed E-state index contributed by atoms with van der Waals surface area (Å²) >= 11 is 1.87. The molecule has 0 radical (unpaired) electrons. The van der Waals surface area contributed by atoms with E-state index in [-0.39, 0.29) is 0 Å². The normalized spacial score (nSPS) is 11.3. The SMILES string of the molecule is c1ccc(-c2ccc(N(c3ccc(-c4cccc5cc6c(cc45)sc4ccccc46)cc3)c3cccc(-c4ccccc4)c3)cc2)cc1. The summed E-state index contributed by atoms with van der Waals surface area (Å²) in [6, 6.07) is 68.1. The highest BCUT2D eigenvalue weighted by atomic mass is 32.1. The molecule has 0 saturated carbocycles. The van der Waals surface area contributed by atoms with Gasteiger partial charge < -0.3 is 4.90 Å². The molecule has 0 aliphatic heterocycles. The van der Waals surface area contributed by atoms with E-state index < -0.39 is 0 Å². The lowest BCUT2D eigenvalue weighted by molar-refractivity contribution is 1.28. The first-order chi connectivity index (χ1) is 23.8. The molecular formula is C46H31NS. The maximum Gasteiger partial charge on any atom is 0.0467 e. The Morgan fingerprint density at radius 2 is 0.896 bits per heavy atom. The van der Waals surface area contributed by atoms with Crippen LogP contribution in [0, 0.1) is 0 Å². The highest BCUT2D eigenvalue weighted by Crippen LogP contribution is 2.41. The summed E-state index contributed by atoms with van der Waals surface area (Å²) in [5.74, 6) is 0. The Balaban J connectivity index is 1.14. The molecule has 48 heavy (non-hydrogen) atoms. The molecule has 0 atom stereocenters. The molecule has 0 aliphatic rings. The second kappa shape index (κ2) is 12.0. The van der Waals surface area contributed by atoms with Crippen molar-refractivity contribution >= 4 is 59.3 Å². The predicted octanol–water partition coefficient (Wildman–Crippen LogP) is 13.7. The summed E-state index contributed by atoms with van der Waals surface area (Å²) in [6.07, 6.45) is 0. The Bertz CT molecular complexity index is 2530. The first-order valence-electron chi connectivity index (χ1n) is 16.3. The van der Waals surface area contributed by atoms with E-state index in [0.29, 0.717) is 0 Å². The number of fused-ring (bicyclic) bond motifs is 4. The van der Waals surface area contributed by atoms with Gasteiger partial charge in [-0.05, 0) is 98.8 Å². The largest absolute Gasteiger partial charge is 0.310 e. The van der Waals surface area contributed by atoms with Crippen LogP contribution in [-0.4, -0.2) is 0 Å². The van der Waals surface area contributed by atoms with Crippen molar-refractivity contribution < 1.29 is 0 Å². The van der Waals surface area contributed by atoms with Gasteiger partial charge in [-0.25, -0.2) is 0 Å². The fourth-order valence-electron chi connectivity index (χ4n) is 6.87. The lowest BCUT2D eigenvalue weighted by Crippen LogP contribution is -2.10. The highest BCUT2D eigenvalue weighted by molar-refractivity contribution is 7.25. The van der Waals surface area contributed by atoms with Gasteiger partial charge in [-0.3, -0.25) is 0 Å². The van der Waals surface area contributed by atoms with E-state index in [0.717, 1.165) is 17.1 Å². The first kappa shape index (κ1) is 28.3. The van der Waals surface area contributed by atoms with Gasteiger partial charge in [0.2, 0.25) is 0 Å². The topological polar surface area (TPSA) is 3.24 Å². The summed E-state index contributed by atoms with van der Waals surface area (Å²) in [5.41, 5.74) is 10.6. The zero-order valence-electron chi connectivity index (χ0n) is 26.3. The maximum atomic E-state index is 2.38. The summed E-state index contributed by atoms with van der Waals surface area (Å²) in [4.78, 5) is 2.36. The van der Waals surface area contributed by atoms with Gasteiger partial charge in [0.15, 0.2) is 0 Å². The Morgan fingerprint density at radius 1 is 0.312 bits per heavy atom. The van der Waals surface area contributed by atoms with Gasteiger partial charge >= 0.3 is 0 Å². The highest BCUT2D eigenvalue weighted by Gasteiger charge is 2.15. The van der Waals surface area contributed by atoms with Gasteiger partial charge in [-0.1, -0.05) is 133 Å². The molecule has 226 valence electrons. The molecule has 0 saturated heterocycles. The summed E-state index contributed by atoms with van der Waals surface area (Å²) in [6.45, 7) is 0. The minimum absolute atomic E-state index is 1.11. The third-order valence-electron chi connectivity index (χ3n) is 9.26. The van der Waals surface area contributed by atoms with Crippen LogP contribution in [0.2, 0.25) is 0 Å². The van der Waals surface area contributed by atoms with Crippen LogP contribution in [0.3, 0.4) is 0 Å². The van der Waals surface area contributed by atoms with Gasteiger partial charge in [0.05, 0.1) is 0 Å². The smallest absolute Gasteiger partial charge is 0.0467 e. The number of nitrogens with zero attached hydrogens (tertiary/aromatic N) is 1. The van der Waals surface area contributed by atoms with Gasteiger partial charge in [0, 0.05) is 37.2 Å². The van der Waals surface area contributed by atoms with Crippen molar-refractivity contribution in [1.29, 1.82) is 0 Å². The van der Waals surface area contributed by atoms with Crippen molar-refractivity contribution in [2.24, 2.45) is 0 Å². The maximum absolute atomic E-state index is 2.38. The number of hydrogen-bond acceptors (Lipinski definition) is 2. The number of thiophene rings is 1. The summed E-state index contributed by atoms with van der Waals surface area (Å²) in [5, 5.41) is 5.23. The fraction of sp³-hybridized carbons (Fsp3) is 0. The molecule has 0 bridgehead atoms. The number of hydrogen-bond donors (Lipinski definition) is 0. The lowest BCUT2D eigenvalue weighted by Gasteiger charge is -2.26. The molecule has 0 aliphatic carbocycles. The van der Waals surface area contributed by atoms with Crippen LogP contribution < -0.4 is 4.90 Å². The first-order valence-corrected chi connectivity index (χ1v) is 17.2. The van der Waals surface area contributed by atoms with Crippen molar-refractivity contribution in [3.05, 3.63) is 188 Å². The third-order valence-corrected chi connectivity index (χ3v) is 10.4. The van der Waals surface area contributed by atoms with Crippen molar-refractivity contribution in [3.8, 4) is 33.4 Å². The molecular weight excluding hydrogens is 599 g/mol. The van der Waals surface area contributed by atoms with E-state index in [1.54, 1.807) is 0 Å². The monoisotopic (exact) mass is 629 g/mol. The molecule has 0 unspecified atom stereocenters. The van der Waals surface area contributed by atoms with Gasteiger partial charge in [0.25, 0.3) is 0 Å². The number of benzene rings is 8. The van der Waals surface area contributed by atoms with Crippen LogP contribution in [0.4, 0.5) is 17.1 Å². The van der Waals surface area contributed by atoms with Gasteiger partial charge in [0.1, 0.15) is 0 Å². The zero-order chi connectivity index (χ0) is 31.9. The Hall–Kier alpha value is -5.96. The van der Waals surface area contributed by atoms with E-state index in [4.69, 9.17) is 0 Å². The molecule has 0 fully saturated rings. The van der Waals surface area contributed by atoms with Gasteiger partial charge in [-0.2, -0.15) is 0 Å². The predicted molar refractivity (Wildman–Crippen MR) is 208 cm³/mol. The Morgan fingerprint density at radius 3 is 1.62 bits per heavy atom. The van der Waals surface area contributed by atoms with E-state index in [9.17, 15) is 0 Å². The molecule has 1 aromatic heterocycles. The molecule has 0 spiro atoms. The van der Waals surface area contributed by atoms with Gasteiger partial charge in [-0.15, -0.1) is 11.3 Å². The zero-order valence-corrected chi connectivity index (χ0v) is 27.1.